The highest BCUT2D eigenvalue weighted by Gasteiger charge is 2.10. The first-order valence-corrected chi connectivity index (χ1v) is 8.65. The summed E-state index contributed by atoms with van der Waals surface area (Å²) in [4.78, 5) is 19.6. The van der Waals surface area contributed by atoms with Crippen molar-refractivity contribution in [3.8, 4) is 5.75 Å². The fraction of sp³-hybridized carbons (Fsp3) is 0.500. The fourth-order valence-corrected chi connectivity index (χ4v) is 2.94. The number of carbonyl (C=O) groups excluding carboxylic acids is 1. The zero-order chi connectivity index (χ0) is 15.9. The van der Waals surface area contributed by atoms with Gasteiger partial charge in [-0.05, 0) is 32.4 Å². The number of amides is 1. The third-order valence-electron chi connectivity index (χ3n) is 3.21. The van der Waals surface area contributed by atoms with Crippen molar-refractivity contribution in [3.05, 3.63) is 18.2 Å². The van der Waals surface area contributed by atoms with Crippen molar-refractivity contribution in [2.45, 2.75) is 44.8 Å². The molecule has 0 saturated carbocycles. The summed E-state index contributed by atoms with van der Waals surface area (Å²) >= 11 is 1.41. The Labute approximate surface area is 135 Å². The maximum Gasteiger partial charge on any atom is 0.230 e. The Morgan fingerprint density at radius 1 is 1.45 bits per heavy atom. The van der Waals surface area contributed by atoms with E-state index in [0.29, 0.717) is 12.4 Å². The number of benzene rings is 1. The summed E-state index contributed by atoms with van der Waals surface area (Å²) in [6.07, 6.45) is 2.07. The lowest BCUT2D eigenvalue weighted by Crippen LogP contribution is -2.33. The molecule has 0 bridgehead atoms. The molecule has 1 amide bonds. The molecule has 0 aliphatic carbocycles. The predicted molar refractivity (Wildman–Crippen MR) is 90.5 cm³/mol. The van der Waals surface area contributed by atoms with Crippen LogP contribution in [-0.4, -0.2) is 34.3 Å². The number of nitrogens with zero attached hydrogens (tertiary/aromatic N) is 1. The zero-order valence-corrected chi connectivity index (χ0v) is 14.1. The molecule has 1 heterocycles. The SMILES string of the molecule is CCC[C@H](C)NC(=O)CSc1nc2ccc(OCC)cc2[nH]1. The molecule has 0 aliphatic heterocycles. The Morgan fingerprint density at radius 3 is 3.00 bits per heavy atom. The minimum absolute atomic E-state index is 0.0430. The summed E-state index contributed by atoms with van der Waals surface area (Å²) in [5.41, 5.74) is 1.80. The van der Waals surface area contributed by atoms with Crippen LogP contribution in [-0.2, 0) is 4.79 Å². The number of hydrogen-bond donors (Lipinski definition) is 2. The van der Waals surface area contributed by atoms with Crippen LogP contribution in [0.3, 0.4) is 0 Å². The van der Waals surface area contributed by atoms with Crippen LogP contribution in [0.4, 0.5) is 0 Å². The Balaban J connectivity index is 1.93. The van der Waals surface area contributed by atoms with Gasteiger partial charge in [0.1, 0.15) is 5.75 Å². The summed E-state index contributed by atoms with van der Waals surface area (Å²) in [5, 5.41) is 3.74. The molecule has 1 atom stereocenters. The van der Waals surface area contributed by atoms with E-state index in [1.807, 2.05) is 32.0 Å². The third kappa shape index (κ3) is 4.66. The number of nitrogens with one attached hydrogen (secondary N) is 2. The first kappa shape index (κ1) is 16.7. The van der Waals surface area contributed by atoms with E-state index in [1.165, 1.54) is 11.8 Å². The molecular formula is C16H23N3O2S. The van der Waals surface area contributed by atoms with Crippen molar-refractivity contribution in [2.75, 3.05) is 12.4 Å². The van der Waals surface area contributed by atoms with Gasteiger partial charge >= 0.3 is 0 Å². The molecule has 5 nitrogen and oxygen atoms in total. The summed E-state index contributed by atoms with van der Waals surface area (Å²) in [5.74, 6) is 1.23. The molecule has 2 aromatic rings. The maximum atomic E-state index is 11.9. The van der Waals surface area contributed by atoms with Crippen LogP contribution in [0.1, 0.15) is 33.6 Å². The molecule has 0 fully saturated rings. The monoisotopic (exact) mass is 321 g/mol. The van der Waals surface area contributed by atoms with Crippen LogP contribution >= 0.6 is 11.8 Å². The van der Waals surface area contributed by atoms with Gasteiger partial charge in [-0.25, -0.2) is 4.98 Å². The molecule has 0 spiro atoms. The number of fused-ring (bicyclic) bond motifs is 1. The van der Waals surface area contributed by atoms with E-state index in [4.69, 9.17) is 4.74 Å². The highest BCUT2D eigenvalue weighted by molar-refractivity contribution is 7.99. The minimum atomic E-state index is 0.0430. The van der Waals surface area contributed by atoms with Gasteiger partial charge in [-0.1, -0.05) is 25.1 Å². The quantitative estimate of drug-likeness (QED) is 0.732. The van der Waals surface area contributed by atoms with Crippen molar-refractivity contribution < 1.29 is 9.53 Å². The van der Waals surface area contributed by atoms with Gasteiger partial charge in [0, 0.05) is 12.1 Å². The number of carbonyl (C=O) groups is 1. The molecule has 2 N–H and O–H groups in total. The number of aromatic amines is 1. The fourth-order valence-electron chi connectivity index (χ4n) is 2.25. The number of imidazole rings is 1. The highest BCUT2D eigenvalue weighted by atomic mass is 32.2. The van der Waals surface area contributed by atoms with Crippen molar-refractivity contribution in [1.29, 1.82) is 0 Å². The molecule has 120 valence electrons. The van der Waals surface area contributed by atoms with Gasteiger partial charge < -0.3 is 15.0 Å². The summed E-state index contributed by atoms with van der Waals surface area (Å²) < 4.78 is 5.47. The normalized spacial score (nSPS) is 12.3. The largest absolute Gasteiger partial charge is 0.494 e. The lowest BCUT2D eigenvalue weighted by molar-refractivity contribution is -0.119. The second-order valence-electron chi connectivity index (χ2n) is 5.20. The average Bonchev–Trinajstić information content (AvgIpc) is 2.88. The number of hydrogen-bond acceptors (Lipinski definition) is 4. The zero-order valence-electron chi connectivity index (χ0n) is 13.3. The van der Waals surface area contributed by atoms with Gasteiger partial charge in [-0.2, -0.15) is 0 Å². The standard InChI is InChI=1S/C16H23N3O2S/c1-4-6-11(3)17-15(20)10-22-16-18-13-8-7-12(21-5-2)9-14(13)19-16/h7-9,11H,4-6,10H2,1-3H3,(H,17,20)(H,18,19)/t11-/m0/s1. The molecule has 0 aliphatic rings. The van der Waals surface area contributed by atoms with Gasteiger partial charge in [-0.15, -0.1) is 0 Å². The third-order valence-corrected chi connectivity index (χ3v) is 4.08. The van der Waals surface area contributed by atoms with Gasteiger partial charge in [0.2, 0.25) is 5.91 Å². The molecule has 1 aromatic carbocycles. The molecule has 0 saturated heterocycles. The van der Waals surface area contributed by atoms with Crippen LogP contribution in [0.15, 0.2) is 23.4 Å². The molecule has 0 radical (unpaired) electrons. The van der Waals surface area contributed by atoms with Crippen molar-refractivity contribution in [3.63, 3.8) is 0 Å². The lowest BCUT2D eigenvalue weighted by atomic mass is 10.2. The second-order valence-corrected chi connectivity index (χ2v) is 6.16. The average molecular weight is 321 g/mol. The van der Waals surface area contributed by atoms with Crippen LogP contribution in [0, 0.1) is 0 Å². The molecule has 6 heteroatoms. The van der Waals surface area contributed by atoms with Gasteiger partial charge in [0.15, 0.2) is 5.16 Å². The molecule has 22 heavy (non-hydrogen) atoms. The van der Waals surface area contributed by atoms with Gasteiger partial charge in [0.25, 0.3) is 0 Å². The number of aromatic nitrogens is 2. The summed E-state index contributed by atoms with van der Waals surface area (Å²) in [6.45, 7) is 6.73. The first-order valence-electron chi connectivity index (χ1n) is 7.67. The van der Waals surface area contributed by atoms with E-state index in [1.54, 1.807) is 0 Å². The number of rotatable bonds is 8. The molecular weight excluding hydrogens is 298 g/mol. The van der Waals surface area contributed by atoms with E-state index in [2.05, 4.69) is 22.2 Å². The minimum Gasteiger partial charge on any atom is -0.494 e. The Bertz CT molecular complexity index is 627. The van der Waals surface area contributed by atoms with E-state index in [0.717, 1.165) is 34.8 Å². The molecule has 1 aromatic heterocycles. The predicted octanol–water partition coefficient (Wildman–Crippen LogP) is 3.36. The van der Waals surface area contributed by atoms with E-state index in [-0.39, 0.29) is 11.9 Å². The smallest absolute Gasteiger partial charge is 0.230 e. The summed E-state index contributed by atoms with van der Waals surface area (Å²) in [7, 11) is 0. The second kappa shape index (κ2) is 8.08. The number of thioether (sulfide) groups is 1. The highest BCUT2D eigenvalue weighted by Crippen LogP contribution is 2.23. The van der Waals surface area contributed by atoms with E-state index in [9.17, 15) is 4.79 Å². The van der Waals surface area contributed by atoms with E-state index < -0.39 is 0 Å². The van der Waals surface area contributed by atoms with Crippen LogP contribution in [0.25, 0.3) is 11.0 Å². The van der Waals surface area contributed by atoms with Crippen molar-refractivity contribution in [1.82, 2.24) is 15.3 Å². The van der Waals surface area contributed by atoms with Gasteiger partial charge in [-0.3, -0.25) is 4.79 Å². The molecule has 0 unspecified atom stereocenters. The van der Waals surface area contributed by atoms with Crippen molar-refractivity contribution in [2.24, 2.45) is 0 Å². The topological polar surface area (TPSA) is 67.0 Å². The van der Waals surface area contributed by atoms with Crippen LogP contribution in [0.5, 0.6) is 5.75 Å². The Kier molecular flexibility index (Phi) is 6.12. The Morgan fingerprint density at radius 2 is 2.27 bits per heavy atom. The number of H-pyrrole nitrogens is 1. The van der Waals surface area contributed by atoms with Gasteiger partial charge in [0.05, 0.1) is 23.4 Å². The van der Waals surface area contributed by atoms with Crippen LogP contribution in [0.2, 0.25) is 0 Å². The lowest BCUT2D eigenvalue weighted by Gasteiger charge is -2.11. The molecule has 2 rings (SSSR count). The maximum absolute atomic E-state index is 11.9. The summed E-state index contributed by atoms with van der Waals surface area (Å²) in [6, 6.07) is 5.98. The Hall–Kier alpha value is -1.69. The van der Waals surface area contributed by atoms with Crippen LogP contribution < -0.4 is 10.1 Å². The van der Waals surface area contributed by atoms with E-state index >= 15 is 0 Å². The van der Waals surface area contributed by atoms with Crippen molar-refractivity contribution >= 4 is 28.7 Å². The first-order chi connectivity index (χ1) is 10.6. The number of ether oxygens (including phenoxy) is 1.